The molecule has 0 fully saturated rings. The molecule has 0 saturated heterocycles. The number of aliphatic hydroxyl groups excluding tert-OH is 1. The summed E-state index contributed by atoms with van der Waals surface area (Å²) in [7, 11) is 0. The number of hydrogen-bond donors (Lipinski definition) is 1. The lowest BCUT2D eigenvalue weighted by Crippen LogP contribution is -2.09. The van der Waals surface area contributed by atoms with Crippen LogP contribution in [0.4, 0.5) is 0 Å². The van der Waals surface area contributed by atoms with Gasteiger partial charge >= 0.3 is 0 Å². The second-order valence-corrected chi connectivity index (χ2v) is 4.86. The van der Waals surface area contributed by atoms with Gasteiger partial charge in [0.25, 0.3) is 0 Å². The Kier molecular flexibility index (Phi) is 3.41. The van der Waals surface area contributed by atoms with E-state index >= 15 is 0 Å². The normalized spacial score (nSPS) is 12.9. The predicted molar refractivity (Wildman–Crippen MR) is 65.6 cm³/mol. The first-order valence-corrected chi connectivity index (χ1v) is 6.33. The number of aliphatic hydroxyl groups is 1. The van der Waals surface area contributed by atoms with Crippen LogP contribution in [0, 0.1) is 6.92 Å². The molecule has 2 rings (SSSR count). The van der Waals surface area contributed by atoms with E-state index in [2.05, 4.69) is 5.10 Å². The van der Waals surface area contributed by atoms with Crippen LogP contribution < -0.4 is 0 Å². The van der Waals surface area contributed by atoms with Gasteiger partial charge in [0.2, 0.25) is 0 Å². The van der Waals surface area contributed by atoms with Crippen LogP contribution in [0.25, 0.3) is 0 Å². The van der Waals surface area contributed by atoms with E-state index in [1.54, 1.807) is 11.3 Å². The van der Waals surface area contributed by atoms with E-state index in [0.717, 1.165) is 17.9 Å². The molecule has 1 unspecified atom stereocenters. The molecule has 4 heteroatoms. The standard InChI is InChI=1S/C12H16N2OS/c1-3-14-11(7-9(2)13-14)12(15)8-10-5-4-6-16-10/h4-7,12,15H,3,8H2,1-2H3. The molecule has 0 aliphatic rings. The first-order chi connectivity index (χ1) is 7.70. The molecule has 2 heterocycles. The Hall–Kier alpha value is -1.13. The zero-order chi connectivity index (χ0) is 11.5. The van der Waals surface area contributed by atoms with Crippen LogP contribution in [0.3, 0.4) is 0 Å². The maximum Gasteiger partial charge on any atom is 0.100 e. The first-order valence-electron chi connectivity index (χ1n) is 5.45. The van der Waals surface area contributed by atoms with Gasteiger partial charge in [0.1, 0.15) is 6.10 Å². The Labute approximate surface area is 99.4 Å². The Morgan fingerprint density at radius 3 is 3.00 bits per heavy atom. The van der Waals surface area contributed by atoms with Crippen molar-refractivity contribution >= 4 is 11.3 Å². The molecule has 0 bridgehead atoms. The number of aryl methyl sites for hydroxylation is 2. The third-order valence-electron chi connectivity index (χ3n) is 2.55. The summed E-state index contributed by atoms with van der Waals surface area (Å²) in [5.41, 5.74) is 1.87. The van der Waals surface area contributed by atoms with Crippen molar-refractivity contribution in [2.45, 2.75) is 32.9 Å². The summed E-state index contributed by atoms with van der Waals surface area (Å²) in [5, 5.41) is 16.5. The number of nitrogens with zero attached hydrogens (tertiary/aromatic N) is 2. The molecule has 0 spiro atoms. The van der Waals surface area contributed by atoms with Crippen molar-refractivity contribution in [1.82, 2.24) is 9.78 Å². The highest BCUT2D eigenvalue weighted by molar-refractivity contribution is 7.09. The van der Waals surface area contributed by atoms with Crippen molar-refractivity contribution in [1.29, 1.82) is 0 Å². The lowest BCUT2D eigenvalue weighted by atomic mass is 10.1. The lowest BCUT2D eigenvalue weighted by Gasteiger charge is -2.10. The lowest BCUT2D eigenvalue weighted by molar-refractivity contribution is 0.168. The van der Waals surface area contributed by atoms with Gasteiger partial charge < -0.3 is 5.11 Å². The molecule has 1 N–H and O–H groups in total. The minimum Gasteiger partial charge on any atom is -0.386 e. The van der Waals surface area contributed by atoms with Gasteiger partial charge in [-0.1, -0.05) is 6.07 Å². The summed E-state index contributed by atoms with van der Waals surface area (Å²) in [5.74, 6) is 0. The minimum absolute atomic E-state index is 0.459. The van der Waals surface area contributed by atoms with E-state index in [-0.39, 0.29) is 0 Å². The summed E-state index contributed by atoms with van der Waals surface area (Å²) in [6.45, 7) is 4.78. The zero-order valence-electron chi connectivity index (χ0n) is 9.55. The van der Waals surface area contributed by atoms with E-state index in [1.807, 2.05) is 42.1 Å². The maximum absolute atomic E-state index is 10.2. The molecule has 0 radical (unpaired) electrons. The fourth-order valence-corrected chi connectivity index (χ4v) is 2.55. The summed E-state index contributed by atoms with van der Waals surface area (Å²) in [4.78, 5) is 1.20. The highest BCUT2D eigenvalue weighted by Crippen LogP contribution is 2.21. The second-order valence-electron chi connectivity index (χ2n) is 3.83. The van der Waals surface area contributed by atoms with Crippen LogP contribution >= 0.6 is 11.3 Å². The molecule has 0 saturated carbocycles. The molecule has 0 aliphatic heterocycles. The molecule has 0 amide bonds. The predicted octanol–water partition coefficient (Wildman–Crippen LogP) is 2.55. The molecular weight excluding hydrogens is 220 g/mol. The molecular formula is C12H16N2OS. The van der Waals surface area contributed by atoms with Crippen LogP contribution in [0.2, 0.25) is 0 Å². The van der Waals surface area contributed by atoms with Crippen molar-refractivity contribution in [3.8, 4) is 0 Å². The topological polar surface area (TPSA) is 38.0 Å². The van der Waals surface area contributed by atoms with Crippen LogP contribution in [-0.2, 0) is 13.0 Å². The molecule has 0 aliphatic carbocycles. The second kappa shape index (κ2) is 4.80. The largest absolute Gasteiger partial charge is 0.386 e. The average molecular weight is 236 g/mol. The van der Waals surface area contributed by atoms with Crippen molar-refractivity contribution in [2.75, 3.05) is 0 Å². The number of rotatable bonds is 4. The van der Waals surface area contributed by atoms with Crippen molar-refractivity contribution < 1.29 is 5.11 Å². The van der Waals surface area contributed by atoms with Crippen LogP contribution in [0.1, 0.15) is 29.3 Å². The highest BCUT2D eigenvalue weighted by atomic mass is 32.1. The third-order valence-corrected chi connectivity index (χ3v) is 3.45. The van der Waals surface area contributed by atoms with Gasteiger partial charge in [0.15, 0.2) is 0 Å². The summed E-state index contributed by atoms with van der Waals surface area (Å²) in [6, 6.07) is 6.02. The SMILES string of the molecule is CCn1nc(C)cc1C(O)Cc1cccs1. The van der Waals surface area contributed by atoms with Crippen molar-refractivity contribution in [3.63, 3.8) is 0 Å². The van der Waals surface area contributed by atoms with Crippen LogP contribution in [0.15, 0.2) is 23.6 Å². The van der Waals surface area contributed by atoms with Gasteiger partial charge in [-0.3, -0.25) is 4.68 Å². The van der Waals surface area contributed by atoms with Crippen LogP contribution in [0.5, 0.6) is 0 Å². The van der Waals surface area contributed by atoms with Gasteiger partial charge in [-0.05, 0) is 31.4 Å². The summed E-state index contributed by atoms with van der Waals surface area (Å²) >= 11 is 1.68. The highest BCUT2D eigenvalue weighted by Gasteiger charge is 2.14. The summed E-state index contributed by atoms with van der Waals surface area (Å²) in [6.07, 6.45) is 0.211. The van der Waals surface area contributed by atoms with Crippen molar-refractivity contribution in [3.05, 3.63) is 39.8 Å². The minimum atomic E-state index is -0.459. The number of aromatic nitrogens is 2. The van der Waals surface area contributed by atoms with E-state index < -0.39 is 6.10 Å². The zero-order valence-corrected chi connectivity index (χ0v) is 10.4. The Bertz CT molecular complexity index is 448. The van der Waals surface area contributed by atoms with Gasteiger partial charge in [-0.2, -0.15) is 5.10 Å². The fourth-order valence-electron chi connectivity index (χ4n) is 1.81. The van der Waals surface area contributed by atoms with E-state index in [9.17, 15) is 5.11 Å². The fraction of sp³-hybridized carbons (Fsp3) is 0.417. The Morgan fingerprint density at radius 2 is 2.38 bits per heavy atom. The smallest absolute Gasteiger partial charge is 0.100 e. The average Bonchev–Trinajstić information content (AvgIpc) is 2.86. The van der Waals surface area contributed by atoms with Gasteiger partial charge in [0.05, 0.1) is 11.4 Å². The number of thiophene rings is 1. The Balaban J connectivity index is 2.16. The molecule has 2 aromatic rings. The van der Waals surface area contributed by atoms with Gasteiger partial charge in [-0.15, -0.1) is 11.3 Å². The van der Waals surface area contributed by atoms with E-state index in [4.69, 9.17) is 0 Å². The molecule has 2 aromatic heterocycles. The van der Waals surface area contributed by atoms with Crippen LogP contribution in [-0.4, -0.2) is 14.9 Å². The van der Waals surface area contributed by atoms with Crippen molar-refractivity contribution in [2.24, 2.45) is 0 Å². The first kappa shape index (κ1) is 11.4. The maximum atomic E-state index is 10.2. The monoisotopic (exact) mass is 236 g/mol. The summed E-state index contributed by atoms with van der Waals surface area (Å²) < 4.78 is 1.87. The Morgan fingerprint density at radius 1 is 1.56 bits per heavy atom. The molecule has 16 heavy (non-hydrogen) atoms. The molecule has 3 nitrogen and oxygen atoms in total. The van der Waals surface area contributed by atoms with Gasteiger partial charge in [-0.25, -0.2) is 0 Å². The quantitative estimate of drug-likeness (QED) is 0.886. The molecule has 1 atom stereocenters. The number of hydrogen-bond acceptors (Lipinski definition) is 3. The third kappa shape index (κ3) is 2.33. The molecule has 86 valence electrons. The molecule has 0 aromatic carbocycles. The van der Waals surface area contributed by atoms with Gasteiger partial charge in [0, 0.05) is 17.8 Å². The van der Waals surface area contributed by atoms with E-state index in [1.165, 1.54) is 4.88 Å². The van der Waals surface area contributed by atoms with E-state index in [0.29, 0.717) is 6.42 Å².